The van der Waals surface area contributed by atoms with Crippen molar-refractivity contribution in [2.75, 3.05) is 18.1 Å². The van der Waals surface area contributed by atoms with Crippen LogP contribution in [0.2, 0.25) is 0 Å². The van der Waals surface area contributed by atoms with Gasteiger partial charge in [0.25, 0.3) is 0 Å². The van der Waals surface area contributed by atoms with Gasteiger partial charge in [0.15, 0.2) is 5.72 Å². The quantitative estimate of drug-likeness (QED) is 0.899. The van der Waals surface area contributed by atoms with E-state index in [-0.39, 0.29) is 12.5 Å². The normalized spacial score (nSPS) is 23.7. The number of anilines is 1. The number of carbonyl (C=O) groups is 1. The maximum Gasteiger partial charge on any atom is 0.239 e. The van der Waals surface area contributed by atoms with Crippen molar-refractivity contribution in [1.29, 1.82) is 0 Å². The SMILES string of the molecule is CCc1ncc(-c2ccc3c(c2)N(C2(CO)CCCO2)C(=O)C3(C)C)cn1. The molecule has 1 atom stereocenters. The molecule has 1 saturated heterocycles. The Morgan fingerprint density at radius 1 is 1.22 bits per heavy atom. The zero-order valence-corrected chi connectivity index (χ0v) is 16.0. The van der Waals surface area contributed by atoms with Gasteiger partial charge in [-0.2, -0.15) is 0 Å². The van der Waals surface area contributed by atoms with Crippen LogP contribution in [0.1, 0.15) is 45.0 Å². The summed E-state index contributed by atoms with van der Waals surface area (Å²) in [5.74, 6) is 0.764. The van der Waals surface area contributed by atoms with Crippen molar-refractivity contribution in [1.82, 2.24) is 9.97 Å². The summed E-state index contributed by atoms with van der Waals surface area (Å²) in [6.45, 7) is 6.20. The first-order valence-electron chi connectivity index (χ1n) is 9.48. The third kappa shape index (κ3) is 2.66. The molecule has 2 aliphatic rings. The van der Waals surface area contributed by atoms with Crippen molar-refractivity contribution >= 4 is 11.6 Å². The largest absolute Gasteiger partial charge is 0.391 e. The summed E-state index contributed by atoms with van der Waals surface area (Å²) < 4.78 is 5.90. The van der Waals surface area contributed by atoms with Crippen LogP contribution >= 0.6 is 0 Å². The van der Waals surface area contributed by atoms with Gasteiger partial charge in [-0.15, -0.1) is 0 Å². The zero-order chi connectivity index (χ0) is 19.2. The monoisotopic (exact) mass is 367 g/mol. The second kappa shape index (κ2) is 6.39. The first-order valence-corrected chi connectivity index (χ1v) is 9.48. The number of carbonyl (C=O) groups excluding carboxylic acids is 1. The molecule has 0 aliphatic carbocycles. The predicted octanol–water partition coefficient (Wildman–Crippen LogP) is 2.83. The van der Waals surface area contributed by atoms with E-state index in [1.807, 2.05) is 51.4 Å². The molecule has 1 amide bonds. The van der Waals surface area contributed by atoms with Gasteiger partial charge in [-0.3, -0.25) is 9.69 Å². The molecule has 0 radical (unpaired) electrons. The molecule has 1 fully saturated rings. The summed E-state index contributed by atoms with van der Waals surface area (Å²) in [6, 6.07) is 5.99. The van der Waals surface area contributed by atoms with Crippen molar-refractivity contribution in [2.24, 2.45) is 0 Å². The number of amides is 1. The Morgan fingerprint density at radius 3 is 2.56 bits per heavy atom. The molecule has 0 saturated carbocycles. The highest BCUT2D eigenvalue weighted by Gasteiger charge is 2.54. The Balaban J connectivity index is 1.83. The lowest BCUT2D eigenvalue weighted by Crippen LogP contribution is -2.55. The summed E-state index contributed by atoms with van der Waals surface area (Å²) in [4.78, 5) is 23.7. The van der Waals surface area contributed by atoms with E-state index >= 15 is 0 Å². The van der Waals surface area contributed by atoms with E-state index in [9.17, 15) is 9.90 Å². The molecule has 1 aromatic heterocycles. The lowest BCUT2D eigenvalue weighted by molar-refractivity contribution is -0.129. The van der Waals surface area contributed by atoms with Crippen molar-refractivity contribution in [3.63, 3.8) is 0 Å². The number of aromatic nitrogens is 2. The number of aryl methyl sites for hydroxylation is 1. The second-order valence-electron chi connectivity index (χ2n) is 7.80. The van der Waals surface area contributed by atoms with Crippen LogP contribution in [0.15, 0.2) is 30.6 Å². The van der Waals surface area contributed by atoms with Crippen LogP contribution in [0.5, 0.6) is 0 Å². The lowest BCUT2D eigenvalue weighted by atomic mass is 9.85. The summed E-state index contributed by atoms with van der Waals surface area (Å²) in [6.07, 6.45) is 5.87. The number of ether oxygens (including phenoxy) is 1. The van der Waals surface area contributed by atoms with Crippen LogP contribution in [0.3, 0.4) is 0 Å². The molecular formula is C21H25N3O3. The van der Waals surface area contributed by atoms with Gasteiger partial charge in [-0.05, 0) is 37.5 Å². The van der Waals surface area contributed by atoms with E-state index in [2.05, 4.69) is 9.97 Å². The minimum atomic E-state index is -0.971. The van der Waals surface area contributed by atoms with E-state index in [4.69, 9.17) is 4.74 Å². The molecule has 6 heteroatoms. The number of fused-ring (bicyclic) bond motifs is 1. The fraction of sp³-hybridized carbons (Fsp3) is 0.476. The van der Waals surface area contributed by atoms with Crippen LogP contribution in [0, 0.1) is 0 Å². The molecule has 3 heterocycles. The van der Waals surface area contributed by atoms with Crippen LogP contribution in [-0.4, -0.2) is 39.9 Å². The lowest BCUT2D eigenvalue weighted by Gasteiger charge is -2.37. The Morgan fingerprint density at radius 2 is 1.96 bits per heavy atom. The highest BCUT2D eigenvalue weighted by atomic mass is 16.5. The fourth-order valence-corrected chi connectivity index (χ4v) is 4.07. The van der Waals surface area contributed by atoms with Gasteiger partial charge >= 0.3 is 0 Å². The number of hydrogen-bond donors (Lipinski definition) is 1. The molecule has 2 aliphatic heterocycles. The average molecular weight is 367 g/mol. The Bertz CT molecular complexity index is 871. The molecule has 1 unspecified atom stereocenters. The number of benzene rings is 1. The van der Waals surface area contributed by atoms with Gasteiger partial charge in [-0.1, -0.05) is 19.1 Å². The van der Waals surface area contributed by atoms with Crippen molar-refractivity contribution in [2.45, 2.75) is 51.2 Å². The van der Waals surface area contributed by atoms with E-state index < -0.39 is 11.1 Å². The highest BCUT2D eigenvalue weighted by molar-refractivity contribution is 6.09. The minimum absolute atomic E-state index is 0.0387. The maximum atomic E-state index is 13.3. The first kappa shape index (κ1) is 18.1. The third-order valence-corrected chi connectivity index (χ3v) is 5.74. The van der Waals surface area contributed by atoms with E-state index in [0.717, 1.165) is 41.0 Å². The predicted molar refractivity (Wildman–Crippen MR) is 102 cm³/mol. The molecule has 1 N–H and O–H groups in total. The van der Waals surface area contributed by atoms with E-state index in [1.165, 1.54) is 0 Å². The molecular weight excluding hydrogens is 342 g/mol. The van der Waals surface area contributed by atoms with Crippen molar-refractivity contribution in [3.8, 4) is 11.1 Å². The molecule has 1 aromatic carbocycles. The third-order valence-electron chi connectivity index (χ3n) is 5.74. The van der Waals surface area contributed by atoms with Crippen LogP contribution in [-0.2, 0) is 21.4 Å². The highest BCUT2D eigenvalue weighted by Crippen LogP contribution is 2.48. The summed E-state index contributed by atoms with van der Waals surface area (Å²) in [5, 5.41) is 10.1. The standard InChI is InChI=1S/C21H25N3O3/c1-4-18-22-11-15(12-23-18)14-6-7-16-17(10-14)24(19(26)20(16,2)3)21(13-25)8-5-9-27-21/h6-7,10-12,25H,4-5,8-9,13H2,1-3H3. The van der Waals surface area contributed by atoms with Gasteiger partial charge in [-0.25, -0.2) is 9.97 Å². The fourth-order valence-electron chi connectivity index (χ4n) is 4.07. The molecule has 0 bridgehead atoms. The molecule has 142 valence electrons. The minimum Gasteiger partial charge on any atom is -0.391 e. The smallest absolute Gasteiger partial charge is 0.239 e. The Kier molecular flexibility index (Phi) is 4.28. The van der Waals surface area contributed by atoms with E-state index in [1.54, 1.807) is 4.90 Å². The second-order valence-corrected chi connectivity index (χ2v) is 7.80. The maximum absolute atomic E-state index is 13.3. The Labute approximate surface area is 159 Å². The number of aliphatic hydroxyl groups excluding tert-OH is 1. The van der Waals surface area contributed by atoms with Crippen molar-refractivity contribution in [3.05, 3.63) is 42.0 Å². The first-order chi connectivity index (χ1) is 12.9. The molecule has 2 aromatic rings. The van der Waals surface area contributed by atoms with Gasteiger partial charge in [0.05, 0.1) is 17.7 Å². The number of nitrogens with zero attached hydrogens (tertiary/aromatic N) is 3. The zero-order valence-electron chi connectivity index (χ0n) is 16.0. The van der Waals surface area contributed by atoms with Gasteiger partial charge in [0.2, 0.25) is 5.91 Å². The van der Waals surface area contributed by atoms with E-state index in [0.29, 0.717) is 13.0 Å². The van der Waals surface area contributed by atoms with Crippen LogP contribution in [0.25, 0.3) is 11.1 Å². The number of hydrogen-bond acceptors (Lipinski definition) is 5. The van der Waals surface area contributed by atoms with Crippen LogP contribution < -0.4 is 4.90 Å². The topological polar surface area (TPSA) is 75.6 Å². The van der Waals surface area contributed by atoms with Crippen LogP contribution in [0.4, 0.5) is 5.69 Å². The van der Waals surface area contributed by atoms with Crippen molar-refractivity contribution < 1.29 is 14.6 Å². The molecule has 0 spiro atoms. The molecule has 6 nitrogen and oxygen atoms in total. The van der Waals surface area contributed by atoms with Gasteiger partial charge < -0.3 is 9.84 Å². The molecule has 27 heavy (non-hydrogen) atoms. The van der Waals surface area contributed by atoms with Gasteiger partial charge in [0, 0.05) is 37.4 Å². The Hall–Kier alpha value is -2.31. The average Bonchev–Trinajstić information content (AvgIpc) is 3.24. The molecule has 4 rings (SSSR count). The number of rotatable bonds is 4. The summed E-state index contributed by atoms with van der Waals surface area (Å²) in [7, 11) is 0. The summed E-state index contributed by atoms with van der Waals surface area (Å²) >= 11 is 0. The number of aliphatic hydroxyl groups is 1. The van der Waals surface area contributed by atoms with Gasteiger partial charge in [0.1, 0.15) is 5.82 Å². The summed E-state index contributed by atoms with van der Waals surface area (Å²) in [5.41, 5.74) is 1.96.